The van der Waals surface area contributed by atoms with Crippen LogP contribution in [0, 0.1) is 6.92 Å². The summed E-state index contributed by atoms with van der Waals surface area (Å²) >= 11 is 0.930. The Bertz CT molecular complexity index is 1060. The molecular formula is C18H17N5O5S. The van der Waals surface area contributed by atoms with Gasteiger partial charge in [0.05, 0.1) is 19.8 Å². The Hall–Kier alpha value is -3.60. The number of carbonyl (C=O) groups excluding carboxylic acids is 3. The number of nitrogens with one attached hydrogen (secondary N) is 1. The van der Waals surface area contributed by atoms with Crippen LogP contribution in [0.4, 0.5) is 5.00 Å². The van der Waals surface area contributed by atoms with Crippen molar-refractivity contribution in [2.45, 2.75) is 13.5 Å². The maximum atomic E-state index is 12.4. The molecule has 0 unspecified atom stereocenters. The normalized spacial score (nSPS) is 10.4. The van der Waals surface area contributed by atoms with Crippen LogP contribution in [-0.2, 0) is 20.8 Å². The average Bonchev–Trinajstić information content (AvgIpc) is 3.32. The van der Waals surface area contributed by atoms with Crippen LogP contribution in [0.1, 0.15) is 25.6 Å². The molecule has 10 nitrogen and oxygen atoms in total. The Morgan fingerprint density at radius 2 is 1.79 bits per heavy atom. The van der Waals surface area contributed by atoms with E-state index in [1.807, 2.05) is 30.3 Å². The van der Waals surface area contributed by atoms with Crippen LogP contribution >= 0.6 is 11.3 Å². The van der Waals surface area contributed by atoms with Crippen molar-refractivity contribution in [2.24, 2.45) is 0 Å². The van der Waals surface area contributed by atoms with Crippen molar-refractivity contribution in [1.29, 1.82) is 0 Å². The molecule has 1 amide bonds. The standard InChI is InChI=1S/C18H17N5O5S/c1-10-13(17(25)27-2)16(29-14(10)18(26)28-3)19-12(24)9-23-21-15(20-22-23)11-7-5-4-6-8-11/h4-8H,9H2,1-3H3,(H,19,24). The van der Waals surface area contributed by atoms with E-state index in [0.29, 0.717) is 11.4 Å². The van der Waals surface area contributed by atoms with Gasteiger partial charge in [-0.3, -0.25) is 4.79 Å². The monoisotopic (exact) mass is 415 g/mol. The second-order valence-corrected chi connectivity index (χ2v) is 6.82. The van der Waals surface area contributed by atoms with E-state index in [4.69, 9.17) is 9.47 Å². The Morgan fingerprint density at radius 1 is 1.10 bits per heavy atom. The van der Waals surface area contributed by atoms with Gasteiger partial charge in [-0.25, -0.2) is 9.59 Å². The van der Waals surface area contributed by atoms with Crippen LogP contribution in [0.25, 0.3) is 11.4 Å². The van der Waals surface area contributed by atoms with E-state index < -0.39 is 17.8 Å². The number of nitrogens with zero attached hydrogens (tertiary/aromatic N) is 4. The molecule has 0 aliphatic carbocycles. The molecule has 1 aromatic carbocycles. The molecule has 0 saturated carbocycles. The van der Waals surface area contributed by atoms with Gasteiger partial charge in [-0.1, -0.05) is 30.3 Å². The lowest BCUT2D eigenvalue weighted by atomic mass is 10.1. The van der Waals surface area contributed by atoms with Crippen LogP contribution in [0.3, 0.4) is 0 Å². The first-order chi connectivity index (χ1) is 13.9. The molecule has 150 valence electrons. The maximum Gasteiger partial charge on any atom is 0.348 e. The second kappa shape index (κ2) is 8.61. The molecule has 11 heteroatoms. The maximum absolute atomic E-state index is 12.4. The summed E-state index contributed by atoms with van der Waals surface area (Å²) in [5.74, 6) is -1.39. The number of tetrazole rings is 1. The fraction of sp³-hybridized carbons (Fsp3) is 0.222. The number of ether oxygens (including phenoxy) is 2. The van der Waals surface area contributed by atoms with E-state index >= 15 is 0 Å². The molecule has 3 aromatic rings. The third-order valence-electron chi connectivity index (χ3n) is 3.93. The van der Waals surface area contributed by atoms with Crippen molar-refractivity contribution in [2.75, 3.05) is 19.5 Å². The van der Waals surface area contributed by atoms with Crippen LogP contribution in [0.5, 0.6) is 0 Å². The molecule has 0 fully saturated rings. The predicted molar refractivity (Wildman–Crippen MR) is 104 cm³/mol. The van der Waals surface area contributed by atoms with E-state index in [2.05, 4.69) is 20.7 Å². The van der Waals surface area contributed by atoms with Gasteiger partial charge >= 0.3 is 11.9 Å². The van der Waals surface area contributed by atoms with E-state index in [1.165, 1.54) is 14.2 Å². The first kappa shape index (κ1) is 20.1. The lowest BCUT2D eigenvalue weighted by Gasteiger charge is -2.05. The topological polar surface area (TPSA) is 125 Å². The van der Waals surface area contributed by atoms with Gasteiger partial charge in [0.1, 0.15) is 16.4 Å². The molecule has 1 N–H and O–H groups in total. The highest BCUT2D eigenvalue weighted by Gasteiger charge is 2.27. The number of esters is 2. The predicted octanol–water partition coefficient (Wildman–Crippen LogP) is 1.92. The SMILES string of the molecule is COC(=O)c1sc(NC(=O)Cn2nnc(-c3ccccc3)n2)c(C(=O)OC)c1C. The minimum Gasteiger partial charge on any atom is -0.465 e. The van der Waals surface area contributed by atoms with Gasteiger partial charge in [-0.15, -0.1) is 21.5 Å². The number of rotatable bonds is 6. The van der Waals surface area contributed by atoms with E-state index in [0.717, 1.165) is 21.7 Å². The van der Waals surface area contributed by atoms with Gasteiger partial charge in [0, 0.05) is 5.56 Å². The third kappa shape index (κ3) is 4.29. The largest absolute Gasteiger partial charge is 0.465 e. The zero-order valence-electron chi connectivity index (χ0n) is 15.8. The van der Waals surface area contributed by atoms with Crippen molar-refractivity contribution in [3.8, 4) is 11.4 Å². The van der Waals surface area contributed by atoms with E-state index in [9.17, 15) is 14.4 Å². The van der Waals surface area contributed by atoms with Crippen molar-refractivity contribution >= 4 is 34.2 Å². The van der Waals surface area contributed by atoms with Crippen molar-refractivity contribution in [1.82, 2.24) is 20.2 Å². The van der Waals surface area contributed by atoms with Gasteiger partial charge in [0.15, 0.2) is 0 Å². The molecule has 0 aliphatic rings. The summed E-state index contributed by atoms with van der Waals surface area (Å²) in [7, 11) is 2.45. The highest BCUT2D eigenvalue weighted by molar-refractivity contribution is 7.18. The summed E-state index contributed by atoms with van der Waals surface area (Å²) in [5.41, 5.74) is 1.24. The number of carbonyl (C=O) groups is 3. The fourth-order valence-corrected chi connectivity index (χ4v) is 3.67. The van der Waals surface area contributed by atoms with Gasteiger partial charge in [0.25, 0.3) is 0 Å². The molecule has 2 aromatic heterocycles. The fourth-order valence-electron chi connectivity index (χ4n) is 2.54. The Balaban J connectivity index is 1.79. The number of amides is 1. The van der Waals surface area contributed by atoms with Crippen LogP contribution in [0.15, 0.2) is 30.3 Å². The number of thiophene rings is 1. The van der Waals surface area contributed by atoms with Gasteiger partial charge in [-0.05, 0) is 17.7 Å². The van der Waals surface area contributed by atoms with Gasteiger partial charge in [0.2, 0.25) is 11.7 Å². The number of hydrogen-bond donors (Lipinski definition) is 1. The minimum absolute atomic E-state index is 0.0998. The molecule has 3 rings (SSSR count). The smallest absolute Gasteiger partial charge is 0.348 e. The molecule has 0 saturated heterocycles. The lowest BCUT2D eigenvalue weighted by Crippen LogP contribution is -2.21. The van der Waals surface area contributed by atoms with E-state index in [1.54, 1.807) is 6.92 Å². The number of hydrogen-bond acceptors (Lipinski definition) is 9. The molecule has 2 heterocycles. The summed E-state index contributed by atoms with van der Waals surface area (Å²) in [6.07, 6.45) is 0. The summed E-state index contributed by atoms with van der Waals surface area (Å²) in [6.45, 7) is 1.35. The molecule has 0 bridgehead atoms. The first-order valence-electron chi connectivity index (χ1n) is 8.37. The van der Waals surface area contributed by atoms with Crippen molar-refractivity contribution < 1.29 is 23.9 Å². The van der Waals surface area contributed by atoms with Gasteiger partial charge in [-0.2, -0.15) is 4.80 Å². The zero-order valence-corrected chi connectivity index (χ0v) is 16.6. The van der Waals surface area contributed by atoms with Crippen LogP contribution < -0.4 is 5.32 Å². The Morgan fingerprint density at radius 3 is 2.45 bits per heavy atom. The van der Waals surface area contributed by atoms with Gasteiger partial charge < -0.3 is 14.8 Å². The number of methoxy groups -OCH3 is 2. The summed E-state index contributed by atoms with van der Waals surface area (Å²) < 4.78 is 9.48. The minimum atomic E-state index is -0.672. The average molecular weight is 415 g/mol. The summed E-state index contributed by atoms with van der Waals surface area (Å²) in [6, 6.07) is 9.20. The highest BCUT2D eigenvalue weighted by atomic mass is 32.1. The van der Waals surface area contributed by atoms with E-state index in [-0.39, 0.29) is 22.0 Å². The van der Waals surface area contributed by atoms with Crippen molar-refractivity contribution in [3.05, 3.63) is 46.3 Å². The quantitative estimate of drug-likeness (QED) is 0.605. The molecule has 0 radical (unpaired) electrons. The first-order valence-corrected chi connectivity index (χ1v) is 9.19. The number of benzene rings is 1. The summed E-state index contributed by atoms with van der Waals surface area (Å²) in [5, 5.41) is 14.8. The molecule has 0 atom stereocenters. The second-order valence-electron chi connectivity index (χ2n) is 5.80. The highest BCUT2D eigenvalue weighted by Crippen LogP contribution is 2.34. The molecular weight excluding hydrogens is 398 g/mol. The Labute approximate surface area is 169 Å². The Kier molecular flexibility index (Phi) is 5.98. The molecule has 0 aliphatic heterocycles. The van der Waals surface area contributed by atoms with Crippen molar-refractivity contribution in [3.63, 3.8) is 0 Å². The zero-order chi connectivity index (χ0) is 21.0. The number of aromatic nitrogens is 4. The molecule has 29 heavy (non-hydrogen) atoms. The molecule has 0 spiro atoms. The summed E-state index contributed by atoms with van der Waals surface area (Å²) in [4.78, 5) is 37.8. The van der Waals surface area contributed by atoms with Crippen LogP contribution in [-0.4, -0.2) is 52.3 Å². The van der Waals surface area contributed by atoms with Crippen LogP contribution in [0.2, 0.25) is 0 Å². The lowest BCUT2D eigenvalue weighted by molar-refractivity contribution is -0.117. The number of anilines is 1. The third-order valence-corrected chi connectivity index (χ3v) is 5.12.